The SMILES string of the molecule is COc1cc(CC2(O)CC2)cc(C(F)(F)F)c1OC. The van der Waals surface area contributed by atoms with E-state index in [1.165, 1.54) is 20.3 Å². The normalized spacial score (nSPS) is 17.2. The largest absolute Gasteiger partial charge is 0.493 e. The Kier molecular flexibility index (Phi) is 3.38. The lowest BCUT2D eigenvalue weighted by atomic mass is 10.0. The number of halogens is 3. The number of aliphatic hydroxyl groups is 1. The molecular weight excluding hydrogens is 261 g/mol. The average Bonchev–Trinajstić information content (AvgIpc) is 3.04. The van der Waals surface area contributed by atoms with E-state index in [-0.39, 0.29) is 17.9 Å². The molecule has 0 unspecified atom stereocenters. The highest BCUT2D eigenvalue weighted by molar-refractivity contribution is 5.51. The number of hydrogen-bond acceptors (Lipinski definition) is 3. The standard InChI is InChI=1S/C13H15F3O3/c1-18-10-6-8(7-12(17)3-4-12)5-9(11(10)19-2)13(14,15)16/h5-6,17H,3-4,7H2,1-2H3. The van der Waals surface area contributed by atoms with Crippen LogP contribution in [0.3, 0.4) is 0 Å². The molecule has 19 heavy (non-hydrogen) atoms. The van der Waals surface area contributed by atoms with Crippen molar-refractivity contribution in [2.75, 3.05) is 14.2 Å². The Morgan fingerprint density at radius 1 is 1.21 bits per heavy atom. The minimum Gasteiger partial charge on any atom is -0.493 e. The Morgan fingerprint density at radius 2 is 1.84 bits per heavy atom. The first kappa shape index (κ1) is 14.0. The van der Waals surface area contributed by atoms with Crippen LogP contribution in [0.1, 0.15) is 24.0 Å². The van der Waals surface area contributed by atoms with Gasteiger partial charge < -0.3 is 14.6 Å². The first-order valence-corrected chi connectivity index (χ1v) is 5.83. The predicted octanol–water partition coefficient (Wildman–Crippen LogP) is 2.79. The zero-order chi connectivity index (χ0) is 14.3. The lowest BCUT2D eigenvalue weighted by Crippen LogP contribution is -2.14. The zero-order valence-electron chi connectivity index (χ0n) is 10.7. The van der Waals surface area contributed by atoms with E-state index < -0.39 is 17.3 Å². The third-order valence-corrected chi connectivity index (χ3v) is 3.20. The summed E-state index contributed by atoms with van der Waals surface area (Å²) in [7, 11) is 2.45. The van der Waals surface area contributed by atoms with E-state index in [1.54, 1.807) is 0 Å². The van der Waals surface area contributed by atoms with Gasteiger partial charge in [-0.1, -0.05) is 0 Å². The molecule has 2 rings (SSSR count). The van der Waals surface area contributed by atoms with Crippen LogP contribution in [0.2, 0.25) is 0 Å². The molecule has 0 atom stereocenters. The van der Waals surface area contributed by atoms with Gasteiger partial charge in [0.1, 0.15) is 5.56 Å². The highest BCUT2D eigenvalue weighted by atomic mass is 19.4. The summed E-state index contributed by atoms with van der Waals surface area (Å²) in [4.78, 5) is 0. The van der Waals surface area contributed by atoms with Gasteiger partial charge in [0.2, 0.25) is 0 Å². The molecule has 106 valence electrons. The van der Waals surface area contributed by atoms with E-state index in [0.29, 0.717) is 18.4 Å². The minimum absolute atomic E-state index is 0.0246. The average molecular weight is 276 g/mol. The third-order valence-electron chi connectivity index (χ3n) is 3.20. The van der Waals surface area contributed by atoms with E-state index in [9.17, 15) is 18.3 Å². The molecule has 1 N–H and O–H groups in total. The van der Waals surface area contributed by atoms with E-state index in [4.69, 9.17) is 9.47 Å². The summed E-state index contributed by atoms with van der Waals surface area (Å²) in [5.41, 5.74) is -1.35. The maximum Gasteiger partial charge on any atom is 0.420 e. The Balaban J connectivity index is 2.46. The molecule has 0 amide bonds. The second-order valence-corrected chi connectivity index (χ2v) is 4.78. The molecule has 0 aliphatic heterocycles. The van der Waals surface area contributed by atoms with Crippen LogP contribution < -0.4 is 9.47 Å². The van der Waals surface area contributed by atoms with Crippen molar-refractivity contribution in [1.82, 2.24) is 0 Å². The van der Waals surface area contributed by atoms with Gasteiger partial charge >= 0.3 is 6.18 Å². The lowest BCUT2D eigenvalue weighted by Gasteiger charge is -2.18. The molecule has 0 aromatic heterocycles. The number of benzene rings is 1. The van der Waals surface area contributed by atoms with Crippen molar-refractivity contribution in [1.29, 1.82) is 0 Å². The van der Waals surface area contributed by atoms with Crippen LogP contribution in [-0.4, -0.2) is 24.9 Å². The molecule has 1 aliphatic rings. The van der Waals surface area contributed by atoms with E-state index in [0.717, 1.165) is 6.07 Å². The van der Waals surface area contributed by atoms with Gasteiger partial charge in [0.25, 0.3) is 0 Å². The quantitative estimate of drug-likeness (QED) is 0.919. The molecule has 1 aromatic rings. The number of hydrogen-bond donors (Lipinski definition) is 1. The summed E-state index contributed by atoms with van der Waals surface area (Å²) in [6.07, 6.45) is -3.11. The zero-order valence-corrected chi connectivity index (χ0v) is 10.7. The Morgan fingerprint density at radius 3 is 2.26 bits per heavy atom. The second kappa shape index (κ2) is 4.59. The monoisotopic (exact) mass is 276 g/mol. The fourth-order valence-corrected chi connectivity index (χ4v) is 2.04. The van der Waals surface area contributed by atoms with Crippen molar-refractivity contribution in [2.24, 2.45) is 0 Å². The summed E-state index contributed by atoms with van der Waals surface area (Å²) in [6.45, 7) is 0. The molecule has 0 spiro atoms. The van der Waals surface area contributed by atoms with Crippen molar-refractivity contribution >= 4 is 0 Å². The van der Waals surface area contributed by atoms with Crippen LogP contribution in [0, 0.1) is 0 Å². The Bertz CT molecular complexity index is 479. The summed E-state index contributed by atoms with van der Waals surface area (Å²) in [5.74, 6) is -0.307. The number of methoxy groups -OCH3 is 2. The van der Waals surface area contributed by atoms with E-state index in [2.05, 4.69) is 0 Å². The van der Waals surface area contributed by atoms with Crippen LogP contribution in [0.5, 0.6) is 11.5 Å². The van der Waals surface area contributed by atoms with E-state index in [1.807, 2.05) is 0 Å². The lowest BCUT2D eigenvalue weighted by molar-refractivity contribution is -0.139. The molecule has 0 radical (unpaired) electrons. The number of ether oxygens (including phenoxy) is 2. The predicted molar refractivity (Wildman–Crippen MR) is 62.4 cm³/mol. The molecule has 0 bridgehead atoms. The fourth-order valence-electron chi connectivity index (χ4n) is 2.04. The molecule has 1 aliphatic carbocycles. The van der Waals surface area contributed by atoms with Crippen LogP contribution in [0.25, 0.3) is 0 Å². The van der Waals surface area contributed by atoms with Gasteiger partial charge in [-0.25, -0.2) is 0 Å². The molecular formula is C13H15F3O3. The summed E-state index contributed by atoms with van der Waals surface area (Å²) in [6, 6.07) is 2.49. The van der Waals surface area contributed by atoms with Gasteiger partial charge in [-0.2, -0.15) is 13.2 Å². The number of alkyl halides is 3. The van der Waals surface area contributed by atoms with Crippen LogP contribution in [-0.2, 0) is 12.6 Å². The smallest absolute Gasteiger partial charge is 0.420 e. The van der Waals surface area contributed by atoms with Crippen LogP contribution in [0.4, 0.5) is 13.2 Å². The first-order valence-electron chi connectivity index (χ1n) is 5.83. The van der Waals surface area contributed by atoms with Gasteiger partial charge in [-0.3, -0.25) is 0 Å². The molecule has 6 heteroatoms. The van der Waals surface area contributed by atoms with Crippen molar-refractivity contribution in [3.05, 3.63) is 23.3 Å². The minimum atomic E-state index is -4.53. The maximum absolute atomic E-state index is 13.0. The van der Waals surface area contributed by atoms with Crippen molar-refractivity contribution < 1.29 is 27.8 Å². The van der Waals surface area contributed by atoms with Crippen molar-refractivity contribution in [3.8, 4) is 11.5 Å². The van der Waals surface area contributed by atoms with Gasteiger partial charge in [-0.15, -0.1) is 0 Å². The molecule has 1 saturated carbocycles. The fraction of sp³-hybridized carbons (Fsp3) is 0.538. The summed E-state index contributed by atoms with van der Waals surface area (Å²) in [5, 5.41) is 9.81. The highest BCUT2D eigenvalue weighted by Crippen LogP contribution is 2.45. The Hall–Kier alpha value is -1.43. The van der Waals surface area contributed by atoms with Gasteiger partial charge in [-0.05, 0) is 30.5 Å². The van der Waals surface area contributed by atoms with Gasteiger partial charge in [0.15, 0.2) is 11.5 Å². The van der Waals surface area contributed by atoms with E-state index >= 15 is 0 Å². The summed E-state index contributed by atoms with van der Waals surface area (Å²) < 4.78 is 48.7. The van der Waals surface area contributed by atoms with Crippen LogP contribution >= 0.6 is 0 Å². The Labute approximate surface area is 108 Å². The second-order valence-electron chi connectivity index (χ2n) is 4.78. The van der Waals surface area contributed by atoms with Gasteiger partial charge in [0, 0.05) is 6.42 Å². The van der Waals surface area contributed by atoms with Crippen molar-refractivity contribution in [3.63, 3.8) is 0 Å². The van der Waals surface area contributed by atoms with Gasteiger partial charge in [0.05, 0.1) is 19.8 Å². The first-order chi connectivity index (χ1) is 8.79. The maximum atomic E-state index is 13.0. The molecule has 1 aromatic carbocycles. The molecule has 1 fully saturated rings. The highest BCUT2D eigenvalue weighted by Gasteiger charge is 2.42. The van der Waals surface area contributed by atoms with Crippen molar-refractivity contribution in [2.45, 2.75) is 31.0 Å². The third kappa shape index (κ3) is 2.94. The molecule has 3 nitrogen and oxygen atoms in total. The number of rotatable bonds is 4. The summed E-state index contributed by atoms with van der Waals surface area (Å²) >= 11 is 0. The molecule has 0 heterocycles. The van der Waals surface area contributed by atoms with Crippen LogP contribution in [0.15, 0.2) is 12.1 Å². The molecule has 0 saturated heterocycles. The topological polar surface area (TPSA) is 38.7 Å².